The third-order valence-electron chi connectivity index (χ3n) is 2.34. The van der Waals surface area contributed by atoms with Crippen molar-refractivity contribution in [1.82, 2.24) is 0 Å². The molecular weight excluding hydrogens is 173 g/mol. The van der Waals surface area contributed by atoms with Crippen LogP contribution in [-0.4, -0.2) is 27.7 Å². The van der Waals surface area contributed by atoms with Crippen molar-refractivity contribution >= 4 is 25.3 Å². The van der Waals surface area contributed by atoms with Crippen LogP contribution in [0.2, 0.25) is 0 Å². The molecule has 2 nitrogen and oxygen atoms in total. The molecule has 0 unspecified atom stereocenters. The van der Waals surface area contributed by atoms with E-state index in [0.29, 0.717) is 0 Å². The zero-order valence-corrected chi connectivity index (χ0v) is 9.08. The fraction of sp³-hybridized carbons (Fsp3) is 0.364. The summed E-state index contributed by atoms with van der Waals surface area (Å²) in [4.78, 5) is 13.0. The molecule has 0 atom stereocenters. The normalized spacial score (nSPS) is 9.86. The van der Waals surface area contributed by atoms with Gasteiger partial charge in [-0.1, -0.05) is 24.5 Å². The molecule has 14 heavy (non-hydrogen) atoms. The summed E-state index contributed by atoms with van der Waals surface area (Å²) in [6.07, 6.45) is 2.01. The average molecular weight is 189 g/mol. The van der Waals surface area contributed by atoms with Gasteiger partial charge in [0.05, 0.1) is 0 Å². The van der Waals surface area contributed by atoms with Gasteiger partial charge in [0.15, 0.2) is 6.29 Å². The zero-order valence-electron chi connectivity index (χ0n) is 9.08. The number of para-hydroxylation sites is 1. The Hall–Kier alpha value is -1.25. The molecule has 1 aromatic carbocycles. The Morgan fingerprint density at radius 1 is 1.50 bits per heavy atom. The van der Waals surface area contributed by atoms with Crippen molar-refractivity contribution in [1.29, 1.82) is 0 Å². The molecule has 0 saturated heterocycles. The van der Waals surface area contributed by atoms with Gasteiger partial charge in [-0.05, 0) is 12.5 Å². The van der Waals surface area contributed by atoms with Crippen LogP contribution < -0.4 is 10.4 Å². The van der Waals surface area contributed by atoms with E-state index in [0.717, 1.165) is 36.0 Å². The molecule has 1 rings (SSSR count). The molecule has 3 heteroatoms. The standard InChI is InChI=1S/C11H16BNO/c1-3-7-13(2)11-9(8-14)5-4-6-10(11)12/h4-6,8H,3,7,12H2,1-2H3. The smallest absolute Gasteiger partial charge is 0.152 e. The second kappa shape index (κ2) is 4.84. The molecule has 0 heterocycles. The third kappa shape index (κ3) is 2.16. The van der Waals surface area contributed by atoms with Crippen molar-refractivity contribution in [2.24, 2.45) is 0 Å². The lowest BCUT2D eigenvalue weighted by molar-refractivity contribution is 0.112. The van der Waals surface area contributed by atoms with E-state index in [4.69, 9.17) is 0 Å². The maximum Gasteiger partial charge on any atom is 0.152 e. The van der Waals surface area contributed by atoms with Crippen LogP contribution in [0.3, 0.4) is 0 Å². The Kier molecular flexibility index (Phi) is 3.75. The van der Waals surface area contributed by atoms with Crippen LogP contribution in [0.15, 0.2) is 18.2 Å². The lowest BCUT2D eigenvalue weighted by Crippen LogP contribution is -2.26. The molecule has 0 saturated carbocycles. The Morgan fingerprint density at radius 2 is 2.21 bits per heavy atom. The number of carbonyl (C=O) groups is 1. The van der Waals surface area contributed by atoms with E-state index >= 15 is 0 Å². The van der Waals surface area contributed by atoms with Gasteiger partial charge in [-0.2, -0.15) is 0 Å². The van der Waals surface area contributed by atoms with E-state index in [-0.39, 0.29) is 0 Å². The molecule has 0 N–H and O–H groups in total. The van der Waals surface area contributed by atoms with Gasteiger partial charge in [-0.3, -0.25) is 4.79 Å². The number of benzene rings is 1. The molecule has 0 aliphatic rings. The minimum Gasteiger partial charge on any atom is -0.374 e. The fourth-order valence-electron chi connectivity index (χ4n) is 1.75. The van der Waals surface area contributed by atoms with E-state index < -0.39 is 0 Å². The topological polar surface area (TPSA) is 20.3 Å². The van der Waals surface area contributed by atoms with Gasteiger partial charge in [0, 0.05) is 24.8 Å². The van der Waals surface area contributed by atoms with Crippen LogP contribution in [0.5, 0.6) is 0 Å². The lowest BCUT2D eigenvalue weighted by atomic mass is 9.91. The van der Waals surface area contributed by atoms with Gasteiger partial charge in [0.25, 0.3) is 0 Å². The molecule has 0 spiro atoms. The molecule has 0 aliphatic carbocycles. The van der Waals surface area contributed by atoms with E-state index in [1.807, 2.05) is 33.1 Å². The lowest BCUT2D eigenvalue weighted by Gasteiger charge is -2.22. The van der Waals surface area contributed by atoms with Crippen LogP contribution in [0, 0.1) is 0 Å². The Morgan fingerprint density at radius 3 is 2.79 bits per heavy atom. The first-order chi connectivity index (χ1) is 6.70. The van der Waals surface area contributed by atoms with Crippen LogP contribution in [0.25, 0.3) is 0 Å². The van der Waals surface area contributed by atoms with Gasteiger partial charge in [0.1, 0.15) is 7.85 Å². The van der Waals surface area contributed by atoms with Gasteiger partial charge in [-0.25, -0.2) is 0 Å². The number of nitrogens with zero attached hydrogens (tertiary/aromatic N) is 1. The number of aldehydes is 1. The highest BCUT2D eigenvalue weighted by Gasteiger charge is 2.08. The van der Waals surface area contributed by atoms with E-state index in [1.165, 1.54) is 0 Å². The average Bonchev–Trinajstić information content (AvgIpc) is 2.17. The van der Waals surface area contributed by atoms with Crippen LogP contribution in [0.4, 0.5) is 5.69 Å². The maximum atomic E-state index is 10.9. The first-order valence-corrected chi connectivity index (χ1v) is 4.96. The van der Waals surface area contributed by atoms with E-state index in [2.05, 4.69) is 11.8 Å². The maximum absolute atomic E-state index is 10.9. The van der Waals surface area contributed by atoms with Crippen molar-refractivity contribution in [2.75, 3.05) is 18.5 Å². The Balaban J connectivity index is 3.09. The molecule has 0 bridgehead atoms. The number of carbonyl (C=O) groups excluding carboxylic acids is 1. The molecular formula is C11H16BNO. The van der Waals surface area contributed by atoms with Gasteiger partial charge in [-0.15, -0.1) is 0 Å². The fourth-order valence-corrected chi connectivity index (χ4v) is 1.75. The van der Waals surface area contributed by atoms with Crippen LogP contribution in [0.1, 0.15) is 23.7 Å². The summed E-state index contributed by atoms with van der Waals surface area (Å²) in [5.74, 6) is 0. The highest BCUT2D eigenvalue weighted by atomic mass is 16.1. The summed E-state index contributed by atoms with van der Waals surface area (Å²) in [5.41, 5.74) is 3.00. The second-order valence-corrected chi connectivity index (χ2v) is 3.55. The summed E-state index contributed by atoms with van der Waals surface area (Å²) in [7, 11) is 4.06. The number of hydrogen-bond donors (Lipinski definition) is 0. The van der Waals surface area contributed by atoms with Crippen molar-refractivity contribution < 1.29 is 4.79 Å². The quantitative estimate of drug-likeness (QED) is 0.510. The molecule has 74 valence electrons. The number of rotatable bonds is 4. The monoisotopic (exact) mass is 189 g/mol. The third-order valence-corrected chi connectivity index (χ3v) is 2.34. The summed E-state index contributed by atoms with van der Waals surface area (Å²) >= 11 is 0. The number of hydrogen-bond acceptors (Lipinski definition) is 2. The molecule has 1 aromatic rings. The second-order valence-electron chi connectivity index (χ2n) is 3.55. The zero-order chi connectivity index (χ0) is 10.6. The van der Waals surface area contributed by atoms with Gasteiger partial charge in [0.2, 0.25) is 0 Å². The predicted molar refractivity (Wildman–Crippen MR) is 63.6 cm³/mol. The first kappa shape index (κ1) is 10.8. The summed E-state index contributed by atoms with van der Waals surface area (Å²) in [5, 5.41) is 0. The van der Waals surface area contributed by atoms with Crippen LogP contribution in [-0.2, 0) is 0 Å². The van der Waals surface area contributed by atoms with Crippen molar-refractivity contribution in [3.8, 4) is 0 Å². The largest absolute Gasteiger partial charge is 0.374 e. The Bertz CT molecular complexity index is 325. The summed E-state index contributed by atoms with van der Waals surface area (Å²) in [6, 6.07) is 5.82. The first-order valence-electron chi connectivity index (χ1n) is 4.96. The van der Waals surface area contributed by atoms with Crippen molar-refractivity contribution in [2.45, 2.75) is 13.3 Å². The Labute approximate surface area is 86.3 Å². The molecule has 0 radical (unpaired) electrons. The predicted octanol–water partition coefficient (Wildman–Crippen LogP) is 0.604. The van der Waals surface area contributed by atoms with Gasteiger partial charge < -0.3 is 4.90 Å². The van der Waals surface area contributed by atoms with Crippen molar-refractivity contribution in [3.05, 3.63) is 23.8 Å². The molecule has 0 aliphatic heterocycles. The van der Waals surface area contributed by atoms with E-state index in [1.54, 1.807) is 0 Å². The van der Waals surface area contributed by atoms with E-state index in [9.17, 15) is 4.79 Å². The minimum atomic E-state index is 0.779. The molecule has 0 fully saturated rings. The molecule has 0 aromatic heterocycles. The van der Waals surface area contributed by atoms with Crippen LogP contribution >= 0.6 is 0 Å². The SMILES string of the molecule is Bc1cccc(C=O)c1N(C)CCC. The van der Waals surface area contributed by atoms with Crippen molar-refractivity contribution in [3.63, 3.8) is 0 Å². The number of anilines is 1. The highest BCUT2D eigenvalue weighted by molar-refractivity contribution is 6.36. The highest BCUT2D eigenvalue weighted by Crippen LogP contribution is 2.14. The summed E-state index contributed by atoms with van der Waals surface area (Å²) < 4.78 is 0. The minimum absolute atomic E-state index is 0.779. The summed E-state index contributed by atoms with van der Waals surface area (Å²) in [6.45, 7) is 3.11. The molecule has 0 amide bonds. The van der Waals surface area contributed by atoms with Gasteiger partial charge >= 0.3 is 0 Å².